The highest BCUT2D eigenvalue weighted by Crippen LogP contribution is 2.47. The molecule has 2 rings (SSSR count). The third-order valence-electron chi connectivity index (χ3n) is 3.33. The molecule has 0 bridgehead atoms. The van der Waals surface area contributed by atoms with E-state index in [1.165, 1.54) is 12.8 Å². The van der Waals surface area contributed by atoms with Crippen LogP contribution < -0.4 is 5.32 Å². The summed E-state index contributed by atoms with van der Waals surface area (Å²) in [7, 11) is 0. The predicted octanol–water partition coefficient (Wildman–Crippen LogP) is 0.970. The van der Waals surface area contributed by atoms with Gasteiger partial charge in [-0.05, 0) is 31.6 Å². The molecule has 0 radical (unpaired) electrons. The minimum absolute atomic E-state index is 0.309. The third-order valence-corrected chi connectivity index (χ3v) is 3.33. The van der Waals surface area contributed by atoms with Gasteiger partial charge < -0.3 is 15.4 Å². The van der Waals surface area contributed by atoms with Gasteiger partial charge in [-0.1, -0.05) is 0 Å². The van der Waals surface area contributed by atoms with Crippen molar-refractivity contribution in [3.05, 3.63) is 17.7 Å². The monoisotopic (exact) mass is 209 g/mol. The smallest absolute Gasteiger partial charge is 0.0925 e. The van der Waals surface area contributed by atoms with Gasteiger partial charge in [-0.3, -0.25) is 0 Å². The van der Waals surface area contributed by atoms with Crippen molar-refractivity contribution >= 4 is 0 Å². The van der Waals surface area contributed by atoms with Crippen molar-refractivity contribution in [3.63, 3.8) is 0 Å². The summed E-state index contributed by atoms with van der Waals surface area (Å²) in [5, 5.41) is 12.3. The lowest BCUT2D eigenvalue weighted by molar-refractivity contribution is 0.245. The second-order valence-electron chi connectivity index (χ2n) is 4.55. The van der Waals surface area contributed by atoms with Gasteiger partial charge in [-0.25, -0.2) is 4.98 Å². The maximum absolute atomic E-state index is 8.92. The fourth-order valence-electron chi connectivity index (χ4n) is 1.94. The minimum atomic E-state index is 0.309. The van der Waals surface area contributed by atoms with Gasteiger partial charge in [0.2, 0.25) is 0 Å². The Hall–Kier alpha value is -0.870. The van der Waals surface area contributed by atoms with Gasteiger partial charge in [0, 0.05) is 25.4 Å². The molecule has 1 heterocycles. The van der Waals surface area contributed by atoms with Crippen LogP contribution in [-0.4, -0.2) is 28.2 Å². The molecule has 1 aliphatic rings. The molecule has 1 aromatic heterocycles. The number of aliphatic hydroxyl groups excluding tert-OH is 1. The molecule has 0 saturated heterocycles. The molecule has 0 aromatic carbocycles. The number of rotatable bonds is 6. The second-order valence-corrected chi connectivity index (χ2v) is 4.55. The Morgan fingerprint density at radius 2 is 2.40 bits per heavy atom. The van der Waals surface area contributed by atoms with E-state index in [-0.39, 0.29) is 0 Å². The molecule has 0 aliphatic heterocycles. The maximum atomic E-state index is 8.92. The second kappa shape index (κ2) is 4.33. The molecule has 0 unspecified atom stereocenters. The summed E-state index contributed by atoms with van der Waals surface area (Å²) in [4.78, 5) is 7.30. The number of hydrogen-bond acceptors (Lipinski definition) is 3. The van der Waals surface area contributed by atoms with Gasteiger partial charge in [0.05, 0.1) is 12.0 Å². The zero-order chi connectivity index (χ0) is 10.7. The Bertz CT molecular complexity index is 317. The van der Waals surface area contributed by atoms with Gasteiger partial charge in [-0.2, -0.15) is 0 Å². The fourth-order valence-corrected chi connectivity index (χ4v) is 1.94. The lowest BCUT2D eigenvalue weighted by Crippen LogP contribution is -2.24. The number of nitrogens with one attached hydrogen (secondary N) is 2. The van der Waals surface area contributed by atoms with Crippen molar-refractivity contribution in [3.8, 4) is 0 Å². The van der Waals surface area contributed by atoms with Crippen molar-refractivity contribution in [2.45, 2.75) is 32.7 Å². The summed E-state index contributed by atoms with van der Waals surface area (Å²) in [5.74, 6) is 0. The standard InChI is InChI=1S/C11H19N3O/c1-9-10(14-8-13-9)6-12-7-11(2-3-11)4-5-15/h8,12,15H,2-7H2,1H3,(H,13,14). The van der Waals surface area contributed by atoms with Crippen LogP contribution in [0.3, 0.4) is 0 Å². The molecule has 0 amide bonds. The van der Waals surface area contributed by atoms with Crippen LogP contribution in [0.25, 0.3) is 0 Å². The number of aromatic nitrogens is 2. The predicted molar refractivity (Wildman–Crippen MR) is 58.4 cm³/mol. The van der Waals surface area contributed by atoms with E-state index in [4.69, 9.17) is 5.11 Å². The Balaban J connectivity index is 1.73. The van der Waals surface area contributed by atoms with E-state index < -0.39 is 0 Å². The Kier molecular flexibility index (Phi) is 3.07. The van der Waals surface area contributed by atoms with Crippen molar-refractivity contribution in [2.24, 2.45) is 5.41 Å². The molecule has 1 aliphatic carbocycles. The largest absolute Gasteiger partial charge is 0.396 e. The normalized spacial score (nSPS) is 18.0. The van der Waals surface area contributed by atoms with Gasteiger partial charge in [0.15, 0.2) is 0 Å². The highest BCUT2D eigenvalue weighted by Gasteiger charge is 2.41. The molecule has 4 heteroatoms. The number of aromatic amines is 1. The molecule has 1 aromatic rings. The number of H-pyrrole nitrogens is 1. The van der Waals surface area contributed by atoms with Crippen molar-refractivity contribution < 1.29 is 5.11 Å². The first-order valence-electron chi connectivity index (χ1n) is 5.56. The highest BCUT2D eigenvalue weighted by molar-refractivity contribution is 5.08. The van der Waals surface area contributed by atoms with E-state index in [9.17, 15) is 0 Å². The fraction of sp³-hybridized carbons (Fsp3) is 0.727. The topological polar surface area (TPSA) is 60.9 Å². The van der Waals surface area contributed by atoms with Gasteiger partial charge >= 0.3 is 0 Å². The summed E-state index contributed by atoms with van der Waals surface area (Å²) in [6.07, 6.45) is 5.16. The van der Waals surface area contributed by atoms with E-state index >= 15 is 0 Å². The number of aliphatic hydroxyl groups is 1. The summed E-state index contributed by atoms with van der Waals surface area (Å²) in [6.45, 7) is 4.16. The molecule has 4 nitrogen and oxygen atoms in total. The summed E-state index contributed by atoms with van der Waals surface area (Å²) >= 11 is 0. The lowest BCUT2D eigenvalue weighted by Gasteiger charge is -2.13. The first kappa shape index (κ1) is 10.6. The molecule has 0 atom stereocenters. The third kappa shape index (κ3) is 2.58. The van der Waals surface area contributed by atoms with Crippen LogP contribution in [0.5, 0.6) is 0 Å². The Morgan fingerprint density at radius 1 is 1.60 bits per heavy atom. The summed E-state index contributed by atoms with van der Waals surface area (Å²) in [6, 6.07) is 0. The van der Waals surface area contributed by atoms with Crippen LogP contribution in [0.1, 0.15) is 30.7 Å². The summed E-state index contributed by atoms with van der Waals surface area (Å²) in [5.41, 5.74) is 2.61. The average Bonchev–Trinajstić information content (AvgIpc) is 2.85. The molecule has 0 spiro atoms. The number of nitrogens with zero attached hydrogens (tertiary/aromatic N) is 1. The molecule has 1 fully saturated rings. The molecular weight excluding hydrogens is 190 g/mol. The molecule has 1 saturated carbocycles. The van der Waals surface area contributed by atoms with Gasteiger partial charge in [0.25, 0.3) is 0 Å². The van der Waals surface area contributed by atoms with E-state index in [1.807, 2.05) is 6.92 Å². The van der Waals surface area contributed by atoms with Crippen LogP contribution >= 0.6 is 0 Å². The maximum Gasteiger partial charge on any atom is 0.0925 e. The summed E-state index contributed by atoms with van der Waals surface area (Å²) < 4.78 is 0. The lowest BCUT2D eigenvalue weighted by atomic mass is 10.0. The average molecular weight is 209 g/mol. The van der Waals surface area contributed by atoms with Crippen LogP contribution in [0, 0.1) is 12.3 Å². The number of hydrogen-bond donors (Lipinski definition) is 3. The molecule has 84 valence electrons. The van der Waals surface area contributed by atoms with Crippen molar-refractivity contribution in [1.82, 2.24) is 15.3 Å². The number of aryl methyl sites for hydroxylation is 1. The van der Waals surface area contributed by atoms with Crippen molar-refractivity contribution in [2.75, 3.05) is 13.2 Å². The van der Waals surface area contributed by atoms with Gasteiger partial charge in [-0.15, -0.1) is 0 Å². The number of imidazole rings is 1. The first-order valence-corrected chi connectivity index (χ1v) is 5.56. The first-order chi connectivity index (χ1) is 7.26. The van der Waals surface area contributed by atoms with E-state index in [0.29, 0.717) is 12.0 Å². The van der Waals surface area contributed by atoms with Crippen LogP contribution in [-0.2, 0) is 6.54 Å². The zero-order valence-electron chi connectivity index (χ0n) is 9.21. The Morgan fingerprint density at radius 3 is 2.93 bits per heavy atom. The van der Waals surface area contributed by atoms with Gasteiger partial charge in [0.1, 0.15) is 0 Å². The SMILES string of the molecule is Cc1[nH]cnc1CNCC1(CCO)CC1. The van der Waals surface area contributed by atoms with Crippen LogP contribution in [0.15, 0.2) is 6.33 Å². The van der Waals surface area contributed by atoms with Crippen LogP contribution in [0.4, 0.5) is 0 Å². The Labute approximate surface area is 90.1 Å². The molecular formula is C11H19N3O. The quantitative estimate of drug-likeness (QED) is 0.654. The van der Waals surface area contributed by atoms with E-state index in [0.717, 1.165) is 30.9 Å². The van der Waals surface area contributed by atoms with E-state index in [2.05, 4.69) is 15.3 Å². The molecule has 3 N–H and O–H groups in total. The van der Waals surface area contributed by atoms with E-state index in [1.54, 1.807) is 6.33 Å². The molecule has 15 heavy (non-hydrogen) atoms. The highest BCUT2D eigenvalue weighted by atomic mass is 16.3. The van der Waals surface area contributed by atoms with Crippen LogP contribution in [0.2, 0.25) is 0 Å². The van der Waals surface area contributed by atoms with Crippen molar-refractivity contribution in [1.29, 1.82) is 0 Å². The minimum Gasteiger partial charge on any atom is -0.396 e. The zero-order valence-corrected chi connectivity index (χ0v) is 9.21.